The van der Waals surface area contributed by atoms with Gasteiger partial charge in [0.2, 0.25) is 0 Å². The summed E-state index contributed by atoms with van der Waals surface area (Å²) in [6.07, 6.45) is 1.67. The minimum absolute atomic E-state index is 0.132. The summed E-state index contributed by atoms with van der Waals surface area (Å²) in [6.45, 7) is 7.48. The van der Waals surface area contributed by atoms with Crippen molar-refractivity contribution < 1.29 is 13.5 Å². The smallest absolute Gasteiger partial charge is 0.264 e. The van der Waals surface area contributed by atoms with Crippen LogP contribution in [0, 0.1) is 18.6 Å². The summed E-state index contributed by atoms with van der Waals surface area (Å²) in [7, 11) is 0. The maximum atomic E-state index is 15.1. The number of thiazole rings is 1. The molecule has 2 aromatic carbocycles. The summed E-state index contributed by atoms with van der Waals surface area (Å²) in [5, 5.41) is 7.29. The molecule has 0 aliphatic carbocycles. The average molecular weight is 587 g/mol. The molecule has 0 aliphatic heterocycles. The van der Waals surface area contributed by atoms with E-state index in [2.05, 4.69) is 9.97 Å². The lowest BCUT2D eigenvalue weighted by Crippen LogP contribution is -2.22. The van der Waals surface area contributed by atoms with Crippen molar-refractivity contribution in [1.82, 2.24) is 24.1 Å². The fourth-order valence-corrected chi connectivity index (χ4v) is 6.28. The van der Waals surface area contributed by atoms with E-state index < -0.39 is 17.7 Å². The minimum atomic E-state index is -0.536. The molecule has 4 heterocycles. The lowest BCUT2D eigenvalue weighted by molar-refractivity contribution is 0.231. The Morgan fingerprint density at radius 3 is 2.60 bits per heavy atom. The Hall–Kier alpha value is -4.64. The molecule has 0 saturated heterocycles. The van der Waals surface area contributed by atoms with E-state index >= 15 is 4.39 Å². The summed E-state index contributed by atoms with van der Waals surface area (Å²) < 4.78 is 38.4. The molecular formula is C31H28F2N6O2S. The Labute approximate surface area is 244 Å². The van der Waals surface area contributed by atoms with Gasteiger partial charge in [-0.25, -0.2) is 23.4 Å². The Morgan fingerprint density at radius 2 is 1.88 bits per heavy atom. The number of rotatable bonds is 7. The Kier molecular flexibility index (Phi) is 6.97. The average Bonchev–Trinajstić information content (AvgIpc) is 3.52. The molecule has 8 nitrogen and oxygen atoms in total. The van der Waals surface area contributed by atoms with Crippen molar-refractivity contribution in [1.29, 1.82) is 0 Å². The second-order valence-electron chi connectivity index (χ2n) is 10.3. The molecule has 42 heavy (non-hydrogen) atoms. The number of nitrogen functional groups attached to an aromatic ring is 1. The van der Waals surface area contributed by atoms with Crippen LogP contribution in [0.3, 0.4) is 0 Å². The van der Waals surface area contributed by atoms with E-state index in [-0.39, 0.29) is 23.2 Å². The van der Waals surface area contributed by atoms with Crippen LogP contribution < -0.4 is 16.0 Å². The largest absolute Gasteiger partial charge is 0.488 e. The van der Waals surface area contributed by atoms with Crippen LogP contribution >= 0.6 is 11.3 Å². The summed E-state index contributed by atoms with van der Waals surface area (Å²) in [5.74, 6) is -0.662. The molecule has 0 spiro atoms. The van der Waals surface area contributed by atoms with Crippen molar-refractivity contribution in [2.75, 3.05) is 5.73 Å². The topological polar surface area (TPSA) is 100 Å². The van der Waals surface area contributed by atoms with E-state index in [1.165, 1.54) is 35.9 Å². The number of anilines is 1. The van der Waals surface area contributed by atoms with Gasteiger partial charge in [0.15, 0.2) is 17.2 Å². The zero-order valence-electron chi connectivity index (χ0n) is 23.4. The molecule has 0 unspecified atom stereocenters. The second-order valence-corrected chi connectivity index (χ2v) is 11.2. The molecule has 0 bridgehead atoms. The number of nitrogens with two attached hydrogens (primary N) is 1. The van der Waals surface area contributed by atoms with Gasteiger partial charge in [-0.05, 0) is 74.7 Å². The van der Waals surface area contributed by atoms with Gasteiger partial charge in [-0.15, -0.1) is 11.3 Å². The summed E-state index contributed by atoms with van der Waals surface area (Å²) in [4.78, 5) is 23.4. The highest BCUT2D eigenvalue weighted by atomic mass is 32.1. The second kappa shape index (κ2) is 10.6. The van der Waals surface area contributed by atoms with Gasteiger partial charge < -0.3 is 10.5 Å². The van der Waals surface area contributed by atoms with Crippen molar-refractivity contribution in [2.24, 2.45) is 0 Å². The van der Waals surface area contributed by atoms with Gasteiger partial charge >= 0.3 is 0 Å². The summed E-state index contributed by atoms with van der Waals surface area (Å²) >= 11 is 1.45. The maximum absolute atomic E-state index is 15.1. The van der Waals surface area contributed by atoms with Crippen molar-refractivity contribution in [2.45, 2.75) is 46.3 Å². The standard InChI is InChI=1S/C31H28F2N6O2S/c1-5-23(21-13-25-38(17(4)14-42-25)31(40)26(21)18-7-6-8-20(32)11-18)39-30-27(29(34)35-15-36-30)28(37-39)19-9-10-24(22(33)12-19)41-16(2)3/h6-16,23H,5H2,1-4H3,(H2,34,35,36)/t23-/m0/s1. The third kappa shape index (κ3) is 4.59. The first-order valence-corrected chi connectivity index (χ1v) is 14.4. The van der Waals surface area contributed by atoms with Crippen LogP contribution in [0.15, 0.2) is 65.0 Å². The molecule has 2 N–H and O–H groups in total. The molecule has 0 radical (unpaired) electrons. The van der Waals surface area contributed by atoms with Crippen LogP contribution in [-0.4, -0.2) is 30.3 Å². The van der Waals surface area contributed by atoms with Crippen molar-refractivity contribution in [3.63, 3.8) is 0 Å². The Morgan fingerprint density at radius 1 is 1.07 bits per heavy atom. The summed E-state index contributed by atoms with van der Waals surface area (Å²) in [5.41, 5.74) is 9.67. The summed E-state index contributed by atoms with van der Waals surface area (Å²) in [6, 6.07) is 12.1. The van der Waals surface area contributed by atoms with E-state index in [0.717, 1.165) is 10.5 Å². The highest BCUT2D eigenvalue weighted by Gasteiger charge is 2.27. The third-order valence-electron chi connectivity index (χ3n) is 7.15. The molecule has 0 saturated carbocycles. The SMILES string of the molecule is CC[C@@H](c1cc2scc(C)n2c(=O)c1-c1cccc(F)c1)n1nc(-c2ccc(OC(C)C)c(F)c2)c2c(N)ncnc21. The molecule has 6 aromatic rings. The first-order valence-electron chi connectivity index (χ1n) is 13.5. The number of pyridine rings is 1. The van der Waals surface area contributed by atoms with E-state index in [4.69, 9.17) is 15.6 Å². The normalized spacial score (nSPS) is 12.5. The zero-order valence-corrected chi connectivity index (χ0v) is 24.2. The van der Waals surface area contributed by atoms with Crippen LogP contribution in [0.2, 0.25) is 0 Å². The van der Waals surface area contributed by atoms with Crippen LogP contribution in [0.1, 0.15) is 44.5 Å². The molecule has 11 heteroatoms. The molecular weight excluding hydrogens is 558 g/mol. The fraction of sp³-hybridized carbons (Fsp3) is 0.226. The van der Waals surface area contributed by atoms with Crippen LogP contribution in [0.25, 0.3) is 38.2 Å². The van der Waals surface area contributed by atoms with Crippen LogP contribution in [-0.2, 0) is 0 Å². The van der Waals surface area contributed by atoms with Gasteiger partial charge in [-0.2, -0.15) is 5.10 Å². The number of hydrogen-bond donors (Lipinski definition) is 1. The number of halogens is 2. The molecule has 0 amide bonds. The fourth-order valence-electron chi connectivity index (χ4n) is 5.36. The van der Waals surface area contributed by atoms with Gasteiger partial charge in [-0.3, -0.25) is 9.20 Å². The molecule has 4 aromatic heterocycles. The Balaban J connectivity index is 1.61. The van der Waals surface area contributed by atoms with E-state index in [0.29, 0.717) is 45.4 Å². The van der Waals surface area contributed by atoms with Gasteiger partial charge in [-0.1, -0.05) is 19.1 Å². The number of aromatic nitrogens is 5. The molecule has 6 rings (SSSR count). The third-order valence-corrected chi connectivity index (χ3v) is 8.15. The highest BCUT2D eigenvalue weighted by Crippen LogP contribution is 2.38. The number of nitrogens with zero attached hydrogens (tertiary/aromatic N) is 5. The lowest BCUT2D eigenvalue weighted by Gasteiger charge is -2.21. The Bertz CT molecular complexity index is 2030. The number of aryl methyl sites for hydroxylation is 1. The molecule has 214 valence electrons. The first kappa shape index (κ1) is 27.5. The predicted octanol–water partition coefficient (Wildman–Crippen LogP) is 6.79. The molecule has 1 atom stereocenters. The van der Waals surface area contributed by atoms with Gasteiger partial charge in [0.25, 0.3) is 5.56 Å². The van der Waals surface area contributed by atoms with Crippen molar-refractivity contribution in [3.8, 4) is 28.1 Å². The van der Waals surface area contributed by atoms with E-state index in [1.807, 2.05) is 39.1 Å². The van der Waals surface area contributed by atoms with E-state index in [1.54, 1.807) is 33.3 Å². The monoisotopic (exact) mass is 586 g/mol. The van der Waals surface area contributed by atoms with Crippen LogP contribution in [0.5, 0.6) is 5.75 Å². The number of benzene rings is 2. The van der Waals surface area contributed by atoms with Crippen molar-refractivity contribution in [3.05, 3.63) is 93.5 Å². The zero-order chi connectivity index (χ0) is 29.7. The van der Waals surface area contributed by atoms with Crippen LogP contribution in [0.4, 0.5) is 14.6 Å². The minimum Gasteiger partial charge on any atom is -0.488 e. The van der Waals surface area contributed by atoms with Gasteiger partial charge in [0, 0.05) is 16.6 Å². The van der Waals surface area contributed by atoms with Gasteiger partial charge in [0.05, 0.1) is 23.1 Å². The number of hydrogen-bond acceptors (Lipinski definition) is 7. The first-order chi connectivity index (χ1) is 20.2. The van der Waals surface area contributed by atoms with E-state index in [9.17, 15) is 9.18 Å². The maximum Gasteiger partial charge on any atom is 0.264 e. The number of fused-ring (bicyclic) bond motifs is 2. The molecule has 0 aliphatic rings. The highest BCUT2D eigenvalue weighted by molar-refractivity contribution is 7.15. The quantitative estimate of drug-likeness (QED) is 0.221. The van der Waals surface area contributed by atoms with Crippen molar-refractivity contribution >= 4 is 33.0 Å². The molecule has 0 fully saturated rings. The van der Waals surface area contributed by atoms with Gasteiger partial charge in [0.1, 0.15) is 28.5 Å². The predicted molar refractivity (Wildman–Crippen MR) is 161 cm³/mol. The lowest BCUT2D eigenvalue weighted by atomic mass is 9.95. The number of ether oxygens (including phenoxy) is 1.